The van der Waals surface area contributed by atoms with Crippen molar-refractivity contribution in [3.05, 3.63) is 29.8 Å². The van der Waals surface area contributed by atoms with Crippen LogP contribution < -0.4 is 11.1 Å². The van der Waals surface area contributed by atoms with Gasteiger partial charge in [-0.1, -0.05) is 12.1 Å². The van der Waals surface area contributed by atoms with Gasteiger partial charge in [0.15, 0.2) is 0 Å². The number of hydrogen-bond acceptors (Lipinski definition) is 4. The van der Waals surface area contributed by atoms with Crippen LogP contribution in [-0.4, -0.2) is 48.2 Å². The number of rotatable bonds is 5. The minimum atomic E-state index is -4.92. The summed E-state index contributed by atoms with van der Waals surface area (Å²) in [6, 6.07) is 6.34. The molecule has 0 atom stereocenters. The average molecular weight is 410 g/mol. The predicted molar refractivity (Wildman–Crippen MR) is 96.4 cm³/mol. The number of ether oxygens (including phenoxy) is 1. The highest BCUT2D eigenvalue weighted by atomic mass is 35.5. The molecule has 0 bridgehead atoms. The Balaban J connectivity index is 0.00000364. The lowest BCUT2D eigenvalue weighted by atomic mass is 9.90. The van der Waals surface area contributed by atoms with Gasteiger partial charge in [-0.15, -0.1) is 12.4 Å². The number of amides is 2. The number of anilines is 1. The third-order valence-electron chi connectivity index (χ3n) is 4.31. The number of nitrogens with one attached hydrogen (secondary N) is 1. The third kappa shape index (κ3) is 6.08. The highest BCUT2D eigenvalue weighted by Gasteiger charge is 2.42. The zero-order valence-corrected chi connectivity index (χ0v) is 15.7. The fourth-order valence-corrected chi connectivity index (χ4v) is 2.69. The van der Waals surface area contributed by atoms with Gasteiger partial charge >= 0.3 is 12.1 Å². The molecule has 3 N–H and O–H groups in total. The van der Waals surface area contributed by atoms with Gasteiger partial charge in [-0.2, -0.15) is 13.2 Å². The van der Waals surface area contributed by atoms with E-state index in [1.54, 1.807) is 18.2 Å². The Morgan fingerprint density at radius 2 is 1.93 bits per heavy atom. The van der Waals surface area contributed by atoms with E-state index in [1.165, 1.54) is 13.0 Å². The fraction of sp³-hybridized carbons (Fsp3) is 0.529. The van der Waals surface area contributed by atoms with Crippen LogP contribution in [0.1, 0.15) is 25.3 Å². The molecule has 6 nitrogen and oxygen atoms in total. The van der Waals surface area contributed by atoms with Crippen molar-refractivity contribution in [3.63, 3.8) is 0 Å². The first-order chi connectivity index (χ1) is 12.2. The molecule has 1 aromatic carbocycles. The Hall–Kier alpha value is -1.84. The number of nitrogens with zero attached hydrogens (tertiary/aromatic N) is 1. The number of halogens is 4. The molecular weight excluding hydrogens is 387 g/mol. The summed E-state index contributed by atoms with van der Waals surface area (Å²) in [4.78, 5) is 24.5. The molecule has 1 aromatic rings. The molecule has 1 fully saturated rings. The summed E-state index contributed by atoms with van der Waals surface area (Å²) in [6.07, 6.45) is -4.14. The van der Waals surface area contributed by atoms with E-state index in [2.05, 4.69) is 5.32 Å². The first-order valence-electron chi connectivity index (χ1n) is 8.29. The monoisotopic (exact) mass is 409 g/mol. The standard InChI is InChI=1S/C17H22F3N3O3.ClH/c1-2-23(15(25)17(18,19)20)11-12-4-3-5-13(10-12)22-14(24)16(21)6-8-26-9-7-16;/h3-5,10H,2,6-9,11,21H2,1H3,(H,22,24);1H. The molecule has 0 aliphatic carbocycles. The summed E-state index contributed by atoms with van der Waals surface area (Å²) >= 11 is 0. The van der Waals surface area contributed by atoms with E-state index in [0.29, 0.717) is 42.2 Å². The average Bonchev–Trinajstić information content (AvgIpc) is 2.59. The number of carbonyl (C=O) groups excluding carboxylic acids is 2. The van der Waals surface area contributed by atoms with Gasteiger partial charge in [-0.25, -0.2) is 0 Å². The van der Waals surface area contributed by atoms with Crippen LogP contribution in [0.25, 0.3) is 0 Å². The largest absolute Gasteiger partial charge is 0.471 e. The van der Waals surface area contributed by atoms with E-state index in [1.807, 2.05) is 0 Å². The Labute approximate surface area is 161 Å². The minimum Gasteiger partial charge on any atom is -0.381 e. The van der Waals surface area contributed by atoms with Crippen LogP contribution in [0.15, 0.2) is 24.3 Å². The number of hydrogen-bond donors (Lipinski definition) is 2. The molecule has 0 spiro atoms. The van der Waals surface area contributed by atoms with Crippen molar-refractivity contribution in [2.45, 2.75) is 38.0 Å². The summed E-state index contributed by atoms with van der Waals surface area (Å²) in [5.74, 6) is -2.26. The molecule has 0 saturated carbocycles. The molecule has 152 valence electrons. The van der Waals surface area contributed by atoms with Crippen molar-refractivity contribution in [2.24, 2.45) is 5.73 Å². The summed E-state index contributed by atoms with van der Waals surface area (Å²) in [6.45, 7) is 1.98. The summed E-state index contributed by atoms with van der Waals surface area (Å²) < 4.78 is 43.0. The number of carbonyl (C=O) groups is 2. The van der Waals surface area contributed by atoms with E-state index < -0.39 is 17.6 Å². The smallest absolute Gasteiger partial charge is 0.381 e. The van der Waals surface area contributed by atoms with E-state index in [-0.39, 0.29) is 31.4 Å². The van der Waals surface area contributed by atoms with Gasteiger partial charge < -0.3 is 20.7 Å². The van der Waals surface area contributed by atoms with Gasteiger partial charge in [-0.3, -0.25) is 9.59 Å². The molecule has 0 radical (unpaired) electrons. The molecule has 0 unspecified atom stereocenters. The van der Waals surface area contributed by atoms with E-state index in [9.17, 15) is 22.8 Å². The zero-order chi connectivity index (χ0) is 19.4. The van der Waals surface area contributed by atoms with Crippen molar-refractivity contribution < 1.29 is 27.5 Å². The molecule has 0 aromatic heterocycles. The second-order valence-electron chi connectivity index (χ2n) is 6.24. The molecular formula is C17H23ClF3N3O3. The van der Waals surface area contributed by atoms with Gasteiger partial charge in [0.25, 0.3) is 0 Å². The maximum absolute atomic E-state index is 12.6. The zero-order valence-electron chi connectivity index (χ0n) is 14.8. The second-order valence-corrected chi connectivity index (χ2v) is 6.24. The normalized spacial score (nSPS) is 16.2. The molecule has 10 heteroatoms. The van der Waals surface area contributed by atoms with Crippen LogP contribution in [0.5, 0.6) is 0 Å². The Morgan fingerprint density at radius 3 is 2.48 bits per heavy atom. The highest BCUT2D eigenvalue weighted by Crippen LogP contribution is 2.23. The minimum absolute atomic E-state index is 0. The van der Waals surface area contributed by atoms with Crippen molar-refractivity contribution in [1.82, 2.24) is 4.90 Å². The van der Waals surface area contributed by atoms with Crippen LogP contribution in [0.4, 0.5) is 18.9 Å². The number of alkyl halides is 3. The van der Waals surface area contributed by atoms with Crippen LogP contribution >= 0.6 is 12.4 Å². The van der Waals surface area contributed by atoms with Crippen LogP contribution in [-0.2, 0) is 20.9 Å². The van der Waals surface area contributed by atoms with E-state index in [4.69, 9.17) is 10.5 Å². The second kappa shape index (κ2) is 9.38. The SMILES string of the molecule is CCN(Cc1cccc(NC(=O)C2(N)CCOCC2)c1)C(=O)C(F)(F)F.Cl. The van der Waals surface area contributed by atoms with Crippen molar-refractivity contribution in [3.8, 4) is 0 Å². The van der Waals surface area contributed by atoms with Crippen molar-refractivity contribution in [1.29, 1.82) is 0 Å². The first kappa shape index (κ1) is 23.2. The number of benzene rings is 1. The molecule has 1 heterocycles. The molecule has 1 aliphatic heterocycles. The Bertz CT molecular complexity index is 664. The maximum atomic E-state index is 12.6. The predicted octanol–water partition coefficient (Wildman–Crippen LogP) is 2.47. The van der Waals surface area contributed by atoms with Gasteiger partial charge in [-0.05, 0) is 37.5 Å². The molecule has 1 aliphatic rings. The molecule has 1 saturated heterocycles. The molecule has 2 amide bonds. The van der Waals surface area contributed by atoms with Gasteiger partial charge in [0.2, 0.25) is 5.91 Å². The third-order valence-corrected chi connectivity index (χ3v) is 4.31. The summed E-state index contributed by atoms with van der Waals surface area (Å²) in [5.41, 5.74) is 5.97. The van der Waals surface area contributed by atoms with Gasteiger partial charge in [0, 0.05) is 32.0 Å². The topological polar surface area (TPSA) is 84.7 Å². The van der Waals surface area contributed by atoms with Crippen LogP contribution in [0, 0.1) is 0 Å². The molecule has 2 rings (SSSR count). The fourth-order valence-electron chi connectivity index (χ4n) is 2.69. The van der Waals surface area contributed by atoms with Crippen molar-refractivity contribution >= 4 is 29.9 Å². The van der Waals surface area contributed by atoms with Gasteiger partial charge in [0.05, 0.1) is 0 Å². The summed E-state index contributed by atoms with van der Waals surface area (Å²) in [7, 11) is 0. The lowest BCUT2D eigenvalue weighted by Crippen LogP contribution is -2.54. The Morgan fingerprint density at radius 1 is 1.30 bits per heavy atom. The lowest BCUT2D eigenvalue weighted by molar-refractivity contribution is -0.185. The summed E-state index contributed by atoms with van der Waals surface area (Å²) in [5, 5.41) is 2.70. The Kier molecular flexibility index (Phi) is 8.06. The van der Waals surface area contributed by atoms with E-state index >= 15 is 0 Å². The maximum Gasteiger partial charge on any atom is 0.471 e. The quantitative estimate of drug-likeness (QED) is 0.782. The van der Waals surface area contributed by atoms with Crippen LogP contribution in [0.2, 0.25) is 0 Å². The van der Waals surface area contributed by atoms with Crippen molar-refractivity contribution in [2.75, 3.05) is 25.1 Å². The molecule has 27 heavy (non-hydrogen) atoms. The highest BCUT2D eigenvalue weighted by molar-refractivity contribution is 5.98. The lowest BCUT2D eigenvalue weighted by Gasteiger charge is -2.31. The van der Waals surface area contributed by atoms with Gasteiger partial charge in [0.1, 0.15) is 5.54 Å². The first-order valence-corrected chi connectivity index (χ1v) is 8.29. The van der Waals surface area contributed by atoms with Crippen LogP contribution in [0.3, 0.4) is 0 Å². The van der Waals surface area contributed by atoms with E-state index in [0.717, 1.165) is 0 Å². The number of nitrogens with two attached hydrogens (primary N) is 1.